The summed E-state index contributed by atoms with van der Waals surface area (Å²) in [6.45, 7) is 9.71. The van der Waals surface area contributed by atoms with Gasteiger partial charge >= 0.3 is 0 Å². The molecule has 13 unspecified atom stereocenters. The lowest BCUT2D eigenvalue weighted by Crippen LogP contribution is -2.59. The summed E-state index contributed by atoms with van der Waals surface area (Å²) in [6.07, 6.45) is 13.7. The summed E-state index contributed by atoms with van der Waals surface area (Å²) < 4.78 is 5.54. The summed E-state index contributed by atoms with van der Waals surface area (Å²) in [5.41, 5.74) is 2.40. The SMILES string of the molecule is CC1CCCC2(CC(CO)C(O)C3OC3CO)CCC3C(=CCC4C3(C)CCC3C(C)C(=O)CCC34C)C12. The van der Waals surface area contributed by atoms with Gasteiger partial charge in [-0.15, -0.1) is 0 Å². The minimum absolute atomic E-state index is 0.0268. The maximum atomic E-state index is 12.7. The van der Waals surface area contributed by atoms with Crippen molar-refractivity contribution in [3.8, 4) is 0 Å². The molecular formula is C33H52O5. The van der Waals surface area contributed by atoms with Crippen LogP contribution in [0.1, 0.15) is 98.3 Å². The highest BCUT2D eigenvalue weighted by Crippen LogP contribution is 2.71. The normalized spacial score (nSPS) is 51.6. The Morgan fingerprint density at radius 3 is 2.55 bits per heavy atom. The van der Waals surface area contributed by atoms with Crippen molar-refractivity contribution >= 4 is 5.78 Å². The van der Waals surface area contributed by atoms with Gasteiger partial charge in [0.2, 0.25) is 0 Å². The van der Waals surface area contributed by atoms with Crippen LogP contribution in [0.3, 0.4) is 0 Å². The molecule has 0 aromatic rings. The molecule has 0 radical (unpaired) electrons. The number of ether oxygens (including phenoxy) is 1. The maximum absolute atomic E-state index is 12.7. The zero-order valence-electron chi connectivity index (χ0n) is 24.2. The third kappa shape index (κ3) is 3.96. The van der Waals surface area contributed by atoms with E-state index in [9.17, 15) is 20.1 Å². The predicted molar refractivity (Wildman–Crippen MR) is 147 cm³/mol. The van der Waals surface area contributed by atoms with E-state index in [1.165, 1.54) is 44.9 Å². The number of carbonyl (C=O) groups excluding carboxylic acids is 1. The van der Waals surface area contributed by atoms with Crippen LogP contribution in [-0.4, -0.2) is 52.6 Å². The highest BCUT2D eigenvalue weighted by Gasteiger charge is 2.63. The highest BCUT2D eigenvalue weighted by atomic mass is 16.6. The molecule has 0 bridgehead atoms. The van der Waals surface area contributed by atoms with Gasteiger partial charge in [-0.25, -0.2) is 0 Å². The molecular weight excluding hydrogens is 476 g/mol. The molecule has 3 N–H and O–H groups in total. The number of aliphatic hydroxyl groups excluding tert-OH is 3. The average molecular weight is 529 g/mol. The second-order valence-electron chi connectivity index (χ2n) is 15.2. The molecule has 1 heterocycles. The van der Waals surface area contributed by atoms with Crippen molar-refractivity contribution in [3.63, 3.8) is 0 Å². The van der Waals surface area contributed by atoms with Gasteiger partial charge in [-0.3, -0.25) is 4.79 Å². The van der Waals surface area contributed by atoms with Crippen LogP contribution in [0, 0.1) is 57.7 Å². The number of aliphatic hydroxyl groups is 3. The van der Waals surface area contributed by atoms with Crippen molar-refractivity contribution in [1.82, 2.24) is 0 Å². The largest absolute Gasteiger partial charge is 0.396 e. The van der Waals surface area contributed by atoms with Gasteiger partial charge in [0.25, 0.3) is 0 Å². The number of Topliss-reactive ketones (excluding diaryl/α,β-unsaturated/α-hetero) is 1. The van der Waals surface area contributed by atoms with Gasteiger partial charge < -0.3 is 20.1 Å². The summed E-state index contributed by atoms with van der Waals surface area (Å²) in [6, 6.07) is 0. The topological polar surface area (TPSA) is 90.3 Å². The fourth-order valence-corrected chi connectivity index (χ4v) is 11.7. The summed E-state index contributed by atoms with van der Waals surface area (Å²) in [5, 5.41) is 31.0. The smallest absolute Gasteiger partial charge is 0.136 e. The number of rotatable bonds is 6. The van der Waals surface area contributed by atoms with Crippen molar-refractivity contribution in [3.05, 3.63) is 11.6 Å². The molecule has 5 nitrogen and oxygen atoms in total. The zero-order valence-corrected chi connectivity index (χ0v) is 24.2. The predicted octanol–water partition coefficient (Wildman–Crippen LogP) is 5.31. The first kappa shape index (κ1) is 27.4. The Bertz CT molecular complexity index is 961. The number of hydrogen-bond donors (Lipinski definition) is 3. The second kappa shape index (κ2) is 9.67. The van der Waals surface area contributed by atoms with E-state index in [1.54, 1.807) is 5.57 Å². The molecule has 0 aromatic heterocycles. The van der Waals surface area contributed by atoms with Crippen molar-refractivity contribution in [1.29, 1.82) is 0 Å². The molecule has 1 aliphatic heterocycles. The highest BCUT2D eigenvalue weighted by molar-refractivity contribution is 5.82. The molecule has 6 rings (SSSR count). The van der Waals surface area contributed by atoms with Crippen LogP contribution in [0.2, 0.25) is 0 Å². The minimum Gasteiger partial charge on any atom is -0.396 e. The first-order chi connectivity index (χ1) is 18.1. The standard InChI is InChI=1S/C33H52O5/c1-19-6-5-12-33(16-21(17-34)29(37)30-26(18-35)38-30)15-10-24-22(28(19)33)7-8-27-31(3)14-11-25(36)20(2)23(31)9-13-32(24,27)4/h7,19-21,23-24,26-30,34-35,37H,5-6,8-18H2,1-4H3. The number of hydrogen-bond acceptors (Lipinski definition) is 5. The Balaban J connectivity index is 1.30. The molecule has 214 valence electrons. The fourth-order valence-electron chi connectivity index (χ4n) is 11.7. The molecule has 4 saturated carbocycles. The van der Waals surface area contributed by atoms with Gasteiger partial charge in [0.1, 0.15) is 18.0 Å². The summed E-state index contributed by atoms with van der Waals surface area (Å²) in [4.78, 5) is 12.7. The molecule has 38 heavy (non-hydrogen) atoms. The van der Waals surface area contributed by atoms with Crippen LogP contribution in [-0.2, 0) is 9.53 Å². The number of carbonyl (C=O) groups is 1. The van der Waals surface area contributed by atoms with E-state index in [4.69, 9.17) is 4.74 Å². The first-order valence-corrected chi connectivity index (χ1v) is 15.9. The van der Waals surface area contributed by atoms with Crippen molar-refractivity contribution < 1.29 is 24.9 Å². The molecule has 5 heteroatoms. The Labute approximate surface area is 229 Å². The van der Waals surface area contributed by atoms with Crippen LogP contribution < -0.4 is 0 Å². The van der Waals surface area contributed by atoms with E-state index in [2.05, 4.69) is 33.8 Å². The molecule has 6 aliphatic rings. The molecule has 1 saturated heterocycles. The van der Waals surface area contributed by atoms with Crippen LogP contribution in [0.4, 0.5) is 0 Å². The van der Waals surface area contributed by atoms with E-state index >= 15 is 0 Å². The Hall–Kier alpha value is -0.750. The lowest BCUT2D eigenvalue weighted by Gasteiger charge is -2.66. The Kier molecular flexibility index (Phi) is 6.98. The second-order valence-corrected chi connectivity index (χ2v) is 15.2. The first-order valence-electron chi connectivity index (χ1n) is 15.9. The third-order valence-corrected chi connectivity index (χ3v) is 13.6. The number of epoxide rings is 1. The summed E-state index contributed by atoms with van der Waals surface area (Å²) >= 11 is 0. The van der Waals surface area contributed by atoms with Crippen molar-refractivity contribution in [2.45, 2.75) is 117 Å². The molecule has 0 amide bonds. The van der Waals surface area contributed by atoms with Crippen LogP contribution >= 0.6 is 0 Å². The number of fused-ring (bicyclic) bond motifs is 7. The average Bonchev–Trinajstić information content (AvgIpc) is 3.69. The van der Waals surface area contributed by atoms with Crippen LogP contribution in [0.5, 0.6) is 0 Å². The van der Waals surface area contributed by atoms with Crippen LogP contribution in [0.15, 0.2) is 11.6 Å². The summed E-state index contributed by atoms with van der Waals surface area (Å²) in [5.74, 6) is 3.45. The van der Waals surface area contributed by atoms with E-state index in [1.807, 2.05) is 0 Å². The molecule has 5 aliphatic carbocycles. The van der Waals surface area contributed by atoms with Crippen molar-refractivity contribution in [2.24, 2.45) is 57.7 Å². The molecule has 5 fully saturated rings. The third-order valence-electron chi connectivity index (χ3n) is 13.6. The molecule has 0 spiro atoms. The van der Waals surface area contributed by atoms with Gasteiger partial charge in [-0.05, 0) is 97.2 Å². The monoisotopic (exact) mass is 528 g/mol. The quantitative estimate of drug-likeness (QED) is 0.321. The van der Waals surface area contributed by atoms with E-state index in [0.29, 0.717) is 40.8 Å². The summed E-state index contributed by atoms with van der Waals surface area (Å²) in [7, 11) is 0. The van der Waals surface area contributed by atoms with Gasteiger partial charge in [0.05, 0.1) is 12.7 Å². The number of ketones is 1. The Morgan fingerprint density at radius 2 is 1.84 bits per heavy atom. The minimum atomic E-state index is -0.712. The lowest BCUT2D eigenvalue weighted by molar-refractivity contribution is -0.155. The van der Waals surface area contributed by atoms with E-state index in [-0.39, 0.29) is 48.1 Å². The Morgan fingerprint density at radius 1 is 1.05 bits per heavy atom. The lowest BCUT2D eigenvalue weighted by atomic mass is 9.38. The van der Waals surface area contributed by atoms with E-state index in [0.717, 1.165) is 25.7 Å². The van der Waals surface area contributed by atoms with E-state index < -0.39 is 6.10 Å². The maximum Gasteiger partial charge on any atom is 0.136 e. The molecule has 13 atom stereocenters. The zero-order chi connectivity index (χ0) is 27.0. The van der Waals surface area contributed by atoms with Gasteiger partial charge in [-0.1, -0.05) is 52.2 Å². The van der Waals surface area contributed by atoms with Crippen LogP contribution in [0.25, 0.3) is 0 Å². The van der Waals surface area contributed by atoms with Gasteiger partial charge in [0.15, 0.2) is 0 Å². The molecule has 0 aromatic carbocycles. The number of allylic oxidation sites excluding steroid dienone is 2. The van der Waals surface area contributed by atoms with Gasteiger partial charge in [-0.2, -0.15) is 0 Å². The fraction of sp³-hybridized carbons (Fsp3) is 0.909. The van der Waals surface area contributed by atoms with Crippen molar-refractivity contribution in [2.75, 3.05) is 13.2 Å². The van der Waals surface area contributed by atoms with Gasteiger partial charge in [0, 0.05) is 24.9 Å².